The van der Waals surface area contributed by atoms with Crippen LogP contribution in [0.3, 0.4) is 0 Å². The smallest absolute Gasteiger partial charge is 0.0592 e. The van der Waals surface area contributed by atoms with E-state index in [1.165, 1.54) is 19.4 Å². The lowest BCUT2D eigenvalue weighted by atomic mass is 9.87. The first-order valence-corrected chi connectivity index (χ1v) is 4.26. The van der Waals surface area contributed by atoms with E-state index in [-0.39, 0.29) is 6.10 Å². The minimum absolute atomic E-state index is 0.0107. The molecule has 0 aromatic heterocycles. The number of aliphatic hydroxyl groups is 1. The fraction of sp³-hybridized carbons (Fsp3) is 1.00. The minimum atomic E-state index is 0.0107. The van der Waals surface area contributed by atoms with E-state index in [0.29, 0.717) is 5.92 Å². The summed E-state index contributed by atoms with van der Waals surface area (Å²) in [5.74, 6) is 0.600. The van der Waals surface area contributed by atoms with E-state index >= 15 is 0 Å². The van der Waals surface area contributed by atoms with Crippen LogP contribution >= 0.6 is 0 Å². The van der Waals surface area contributed by atoms with E-state index in [1.807, 2.05) is 0 Å². The fourth-order valence-electron chi connectivity index (χ4n) is 2.16. The number of fused-ring (bicyclic) bond motifs is 2. The van der Waals surface area contributed by atoms with Gasteiger partial charge in [-0.25, -0.2) is 0 Å². The van der Waals surface area contributed by atoms with Gasteiger partial charge in [-0.1, -0.05) is 0 Å². The Morgan fingerprint density at radius 3 is 2.90 bits per heavy atom. The van der Waals surface area contributed by atoms with Gasteiger partial charge in [-0.05, 0) is 31.7 Å². The molecular formula is C8H15NO. The quantitative estimate of drug-likeness (QED) is 0.530. The summed E-state index contributed by atoms with van der Waals surface area (Å²) < 4.78 is 0. The molecule has 0 aliphatic carbocycles. The molecule has 2 aliphatic heterocycles. The molecule has 58 valence electrons. The Labute approximate surface area is 61.8 Å². The Balaban J connectivity index is 2.00. The van der Waals surface area contributed by atoms with Gasteiger partial charge < -0.3 is 10.0 Å². The normalized spacial score (nSPS) is 47.1. The molecule has 0 spiro atoms. The highest BCUT2D eigenvalue weighted by Gasteiger charge is 2.30. The molecule has 0 amide bonds. The van der Waals surface area contributed by atoms with Gasteiger partial charge in [0.05, 0.1) is 6.10 Å². The Kier molecular flexibility index (Phi) is 1.66. The zero-order valence-corrected chi connectivity index (χ0v) is 6.29. The summed E-state index contributed by atoms with van der Waals surface area (Å²) in [6.45, 7) is 3.54. The molecule has 0 aromatic rings. The number of hydrogen-bond acceptors (Lipinski definition) is 2. The van der Waals surface area contributed by atoms with Crippen LogP contribution in [0.15, 0.2) is 0 Å². The van der Waals surface area contributed by atoms with Crippen LogP contribution in [0.1, 0.15) is 19.3 Å². The van der Waals surface area contributed by atoms with E-state index < -0.39 is 0 Å². The lowest BCUT2D eigenvalue weighted by Crippen LogP contribution is -2.46. The van der Waals surface area contributed by atoms with Crippen LogP contribution in [0.25, 0.3) is 0 Å². The molecule has 2 aliphatic rings. The maximum absolute atomic E-state index is 9.49. The molecule has 2 rings (SSSR count). The van der Waals surface area contributed by atoms with Crippen LogP contribution in [-0.2, 0) is 0 Å². The molecule has 0 aromatic carbocycles. The fourth-order valence-corrected chi connectivity index (χ4v) is 2.16. The summed E-state index contributed by atoms with van der Waals surface area (Å²) in [7, 11) is 0. The molecule has 0 radical (unpaired) electrons. The second kappa shape index (κ2) is 2.51. The SMILES string of the molecule is O[C@H]1CCN2CCC[C@@H]1C2. The molecule has 1 N–H and O–H groups in total. The maximum atomic E-state index is 9.49. The molecule has 2 saturated heterocycles. The zero-order valence-electron chi connectivity index (χ0n) is 6.29. The molecule has 2 nitrogen and oxygen atoms in total. The number of hydrogen-bond donors (Lipinski definition) is 1. The van der Waals surface area contributed by atoms with Gasteiger partial charge in [0, 0.05) is 13.1 Å². The monoisotopic (exact) mass is 141 g/mol. The summed E-state index contributed by atoms with van der Waals surface area (Å²) in [5, 5.41) is 9.49. The molecule has 2 heterocycles. The molecular weight excluding hydrogens is 126 g/mol. The van der Waals surface area contributed by atoms with Crippen molar-refractivity contribution >= 4 is 0 Å². The minimum Gasteiger partial charge on any atom is -0.393 e. The topological polar surface area (TPSA) is 23.5 Å². The second-order valence-electron chi connectivity index (χ2n) is 3.56. The van der Waals surface area contributed by atoms with E-state index in [9.17, 15) is 5.11 Å². The van der Waals surface area contributed by atoms with Crippen molar-refractivity contribution in [3.8, 4) is 0 Å². The lowest BCUT2D eigenvalue weighted by molar-refractivity contribution is 0.000185. The highest BCUT2D eigenvalue weighted by Crippen LogP contribution is 2.25. The average molecular weight is 141 g/mol. The molecule has 10 heavy (non-hydrogen) atoms. The Morgan fingerprint density at radius 2 is 2.10 bits per heavy atom. The number of rotatable bonds is 0. The molecule has 2 heteroatoms. The maximum Gasteiger partial charge on any atom is 0.0592 e. The van der Waals surface area contributed by atoms with Crippen molar-refractivity contribution in [2.75, 3.05) is 19.6 Å². The third kappa shape index (κ3) is 1.06. The van der Waals surface area contributed by atoms with Crippen molar-refractivity contribution in [2.45, 2.75) is 25.4 Å². The van der Waals surface area contributed by atoms with Gasteiger partial charge in [0.15, 0.2) is 0 Å². The summed E-state index contributed by atoms with van der Waals surface area (Å²) in [5.41, 5.74) is 0. The highest BCUT2D eigenvalue weighted by molar-refractivity contribution is 4.83. The highest BCUT2D eigenvalue weighted by atomic mass is 16.3. The molecule has 2 bridgehead atoms. The lowest BCUT2D eigenvalue weighted by Gasteiger charge is -2.40. The summed E-state index contributed by atoms with van der Waals surface area (Å²) in [4.78, 5) is 2.47. The third-order valence-electron chi connectivity index (χ3n) is 2.83. The summed E-state index contributed by atoms with van der Waals surface area (Å²) in [6, 6.07) is 0. The average Bonchev–Trinajstić information content (AvgIpc) is 1.99. The van der Waals surface area contributed by atoms with Crippen LogP contribution in [0.2, 0.25) is 0 Å². The molecule has 2 fully saturated rings. The van der Waals surface area contributed by atoms with Gasteiger partial charge in [-0.15, -0.1) is 0 Å². The largest absolute Gasteiger partial charge is 0.393 e. The Morgan fingerprint density at radius 1 is 1.20 bits per heavy atom. The van der Waals surface area contributed by atoms with Gasteiger partial charge in [-0.2, -0.15) is 0 Å². The third-order valence-corrected chi connectivity index (χ3v) is 2.83. The van der Waals surface area contributed by atoms with Gasteiger partial charge >= 0.3 is 0 Å². The van der Waals surface area contributed by atoms with E-state index in [0.717, 1.165) is 19.5 Å². The predicted octanol–water partition coefficient (Wildman–Crippen LogP) is 0.463. The van der Waals surface area contributed by atoms with Crippen molar-refractivity contribution in [3.05, 3.63) is 0 Å². The van der Waals surface area contributed by atoms with Crippen LogP contribution in [-0.4, -0.2) is 35.7 Å². The number of piperidine rings is 2. The summed E-state index contributed by atoms with van der Waals surface area (Å²) in [6.07, 6.45) is 3.56. The van der Waals surface area contributed by atoms with Crippen LogP contribution < -0.4 is 0 Å². The molecule has 3 atom stereocenters. The van der Waals surface area contributed by atoms with Crippen molar-refractivity contribution < 1.29 is 5.11 Å². The van der Waals surface area contributed by atoms with Crippen molar-refractivity contribution in [3.63, 3.8) is 0 Å². The number of nitrogens with zero attached hydrogens (tertiary/aromatic N) is 1. The van der Waals surface area contributed by atoms with E-state index in [1.54, 1.807) is 0 Å². The van der Waals surface area contributed by atoms with Gasteiger partial charge in [0.25, 0.3) is 0 Å². The Bertz CT molecular complexity index is 124. The van der Waals surface area contributed by atoms with E-state index in [2.05, 4.69) is 4.90 Å². The summed E-state index contributed by atoms with van der Waals surface area (Å²) >= 11 is 0. The van der Waals surface area contributed by atoms with E-state index in [4.69, 9.17) is 0 Å². The first-order valence-electron chi connectivity index (χ1n) is 4.26. The van der Waals surface area contributed by atoms with Crippen LogP contribution in [0, 0.1) is 5.92 Å². The van der Waals surface area contributed by atoms with Gasteiger partial charge in [0.2, 0.25) is 0 Å². The van der Waals surface area contributed by atoms with Crippen molar-refractivity contribution in [1.29, 1.82) is 0 Å². The number of aliphatic hydroxyl groups excluding tert-OH is 1. The predicted molar refractivity (Wildman–Crippen MR) is 39.8 cm³/mol. The van der Waals surface area contributed by atoms with Crippen LogP contribution in [0.4, 0.5) is 0 Å². The van der Waals surface area contributed by atoms with Crippen LogP contribution in [0.5, 0.6) is 0 Å². The van der Waals surface area contributed by atoms with Gasteiger partial charge in [-0.3, -0.25) is 0 Å². The second-order valence-corrected chi connectivity index (χ2v) is 3.56. The van der Waals surface area contributed by atoms with Crippen molar-refractivity contribution in [2.24, 2.45) is 5.92 Å². The van der Waals surface area contributed by atoms with Gasteiger partial charge in [0.1, 0.15) is 0 Å². The first kappa shape index (κ1) is 6.62. The zero-order chi connectivity index (χ0) is 6.97. The Hall–Kier alpha value is -0.0800. The molecule has 0 saturated carbocycles. The first-order chi connectivity index (χ1) is 4.86. The standard InChI is InChI=1S/C8H15NO/c10-8-3-5-9-4-1-2-7(8)6-9/h7-8,10H,1-6H2/t7-,8+/m1/s1. The molecule has 1 unspecified atom stereocenters. The van der Waals surface area contributed by atoms with Crippen molar-refractivity contribution in [1.82, 2.24) is 4.90 Å².